The molecule has 0 radical (unpaired) electrons. The first-order valence-corrected chi connectivity index (χ1v) is 8.15. The van der Waals surface area contributed by atoms with Crippen LogP contribution in [-0.4, -0.2) is 58.2 Å². The SMILES string of the molecule is O=C(C[C@@H]1CNC[C@H]1O)N1CCC(c2ncc(Cl)cn2)CC1. The molecule has 0 saturated carbocycles. The predicted molar refractivity (Wildman–Crippen MR) is 82.6 cm³/mol. The second-order valence-corrected chi connectivity index (χ2v) is 6.54. The number of carbonyl (C=O) groups is 1. The van der Waals surface area contributed by atoms with Crippen molar-refractivity contribution >= 4 is 17.5 Å². The Morgan fingerprint density at radius 2 is 2.00 bits per heavy atom. The van der Waals surface area contributed by atoms with Gasteiger partial charge in [0.25, 0.3) is 0 Å². The Labute approximate surface area is 134 Å². The molecule has 0 unspecified atom stereocenters. The van der Waals surface area contributed by atoms with Crippen LogP contribution in [0.25, 0.3) is 0 Å². The van der Waals surface area contributed by atoms with Crippen LogP contribution in [0.3, 0.4) is 0 Å². The maximum Gasteiger partial charge on any atom is 0.222 e. The molecule has 0 aromatic carbocycles. The first-order chi connectivity index (χ1) is 10.6. The average molecular weight is 325 g/mol. The molecule has 2 fully saturated rings. The molecule has 2 N–H and O–H groups in total. The van der Waals surface area contributed by atoms with Crippen molar-refractivity contribution in [2.24, 2.45) is 5.92 Å². The minimum Gasteiger partial charge on any atom is -0.391 e. The van der Waals surface area contributed by atoms with E-state index in [0.717, 1.165) is 38.3 Å². The zero-order chi connectivity index (χ0) is 15.5. The molecule has 3 rings (SSSR count). The summed E-state index contributed by atoms with van der Waals surface area (Å²) < 4.78 is 0. The Morgan fingerprint density at radius 1 is 1.32 bits per heavy atom. The number of amides is 1. The molecule has 1 aromatic heterocycles. The van der Waals surface area contributed by atoms with E-state index in [0.29, 0.717) is 23.9 Å². The summed E-state index contributed by atoms with van der Waals surface area (Å²) in [6.07, 6.45) is 5.02. The van der Waals surface area contributed by atoms with Crippen molar-refractivity contribution in [1.82, 2.24) is 20.2 Å². The number of aliphatic hydroxyl groups is 1. The topological polar surface area (TPSA) is 78.4 Å². The lowest BCUT2D eigenvalue weighted by atomic mass is 9.94. The van der Waals surface area contributed by atoms with Gasteiger partial charge in [0.2, 0.25) is 5.91 Å². The highest BCUT2D eigenvalue weighted by Gasteiger charge is 2.31. The lowest BCUT2D eigenvalue weighted by Crippen LogP contribution is -2.40. The van der Waals surface area contributed by atoms with Gasteiger partial charge in [0, 0.05) is 56.8 Å². The molecule has 2 aliphatic heterocycles. The second kappa shape index (κ2) is 6.89. The van der Waals surface area contributed by atoms with Crippen LogP contribution in [0.1, 0.15) is 31.0 Å². The normalized spacial score (nSPS) is 26.4. The van der Waals surface area contributed by atoms with E-state index in [-0.39, 0.29) is 11.8 Å². The number of halogens is 1. The van der Waals surface area contributed by atoms with E-state index in [9.17, 15) is 9.90 Å². The Kier molecular flexibility index (Phi) is 4.90. The molecule has 22 heavy (non-hydrogen) atoms. The van der Waals surface area contributed by atoms with E-state index >= 15 is 0 Å². The quantitative estimate of drug-likeness (QED) is 0.860. The van der Waals surface area contributed by atoms with E-state index in [4.69, 9.17) is 11.6 Å². The largest absolute Gasteiger partial charge is 0.391 e. The number of hydrogen-bond donors (Lipinski definition) is 2. The molecule has 3 heterocycles. The van der Waals surface area contributed by atoms with Crippen molar-refractivity contribution in [2.45, 2.75) is 31.3 Å². The number of hydrogen-bond acceptors (Lipinski definition) is 5. The third-order valence-electron chi connectivity index (χ3n) is 4.59. The first-order valence-electron chi connectivity index (χ1n) is 7.77. The van der Waals surface area contributed by atoms with Crippen molar-refractivity contribution in [3.8, 4) is 0 Å². The average Bonchev–Trinajstić information content (AvgIpc) is 2.93. The lowest BCUT2D eigenvalue weighted by Gasteiger charge is -2.32. The number of β-amino-alcohol motifs (C(OH)–C–C–N with tert-alkyl or cyclic N) is 1. The molecule has 1 amide bonds. The van der Waals surface area contributed by atoms with Gasteiger partial charge >= 0.3 is 0 Å². The maximum atomic E-state index is 12.3. The summed E-state index contributed by atoms with van der Waals surface area (Å²) in [6, 6.07) is 0. The van der Waals surface area contributed by atoms with Crippen LogP contribution in [0.2, 0.25) is 5.02 Å². The van der Waals surface area contributed by atoms with Gasteiger partial charge < -0.3 is 15.3 Å². The van der Waals surface area contributed by atoms with Crippen molar-refractivity contribution in [1.29, 1.82) is 0 Å². The zero-order valence-electron chi connectivity index (χ0n) is 12.4. The van der Waals surface area contributed by atoms with Gasteiger partial charge in [-0.25, -0.2) is 9.97 Å². The molecule has 6 nitrogen and oxygen atoms in total. The Bertz CT molecular complexity index is 517. The summed E-state index contributed by atoms with van der Waals surface area (Å²) in [6.45, 7) is 2.77. The highest BCUT2D eigenvalue weighted by molar-refractivity contribution is 6.30. The number of piperidine rings is 1. The summed E-state index contributed by atoms with van der Waals surface area (Å²) in [5, 5.41) is 13.4. The lowest BCUT2D eigenvalue weighted by molar-refractivity contribution is -0.133. The number of rotatable bonds is 3. The van der Waals surface area contributed by atoms with Gasteiger partial charge in [-0.2, -0.15) is 0 Å². The van der Waals surface area contributed by atoms with Crippen LogP contribution in [0, 0.1) is 5.92 Å². The van der Waals surface area contributed by atoms with Gasteiger partial charge in [-0.1, -0.05) is 11.6 Å². The number of nitrogens with one attached hydrogen (secondary N) is 1. The minimum absolute atomic E-state index is 0.0461. The van der Waals surface area contributed by atoms with Crippen LogP contribution in [0.5, 0.6) is 0 Å². The van der Waals surface area contributed by atoms with Gasteiger partial charge in [0.15, 0.2) is 0 Å². The minimum atomic E-state index is -0.399. The Morgan fingerprint density at radius 3 is 2.59 bits per heavy atom. The molecule has 2 saturated heterocycles. The summed E-state index contributed by atoms with van der Waals surface area (Å²) in [4.78, 5) is 22.8. The fourth-order valence-corrected chi connectivity index (χ4v) is 3.30. The smallest absolute Gasteiger partial charge is 0.222 e. The van der Waals surface area contributed by atoms with Crippen molar-refractivity contribution in [3.63, 3.8) is 0 Å². The van der Waals surface area contributed by atoms with Crippen LogP contribution >= 0.6 is 11.6 Å². The third-order valence-corrected chi connectivity index (χ3v) is 4.79. The highest BCUT2D eigenvalue weighted by Crippen LogP contribution is 2.26. The monoisotopic (exact) mass is 324 g/mol. The maximum absolute atomic E-state index is 12.3. The molecule has 120 valence electrons. The predicted octanol–water partition coefficient (Wildman–Crippen LogP) is 0.806. The summed E-state index contributed by atoms with van der Waals surface area (Å²) in [7, 11) is 0. The fourth-order valence-electron chi connectivity index (χ4n) is 3.20. The van der Waals surface area contributed by atoms with E-state index in [2.05, 4.69) is 15.3 Å². The van der Waals surface area contributed by atoms with Gasteiger partial charge in [-0.3, -0.25) is 4.79 Å². The molecule has 2 aliphatic rings. The van der Waals surface area contributed by atoms with Crippen LogP contribution in [0.4, 0.5) is 0 Å². The van der Waals surface area contributed by atoms with Crippen LogP contribution in [-0.2, 0) is 4.79 Å². The molecular weight excluding hydrogens is 304 g/mol. The fraction of sp³-hybridized carbons (Fsp3) is 0.667. The third kappa shape index (κ3) is 3.56. The van der Waals surface area contributed by atoms with Gasteiger partial charge in [0.05, 0.1) is 11.1 Å². The molecule has 2 atom stereocenters. The molecule has 1 aromatic rings. The number of carbonyl (C=O) groups excluding carboxylic acids is 1. The zero-order valence-corrected chi connectivity index (χ0v) is 13.2. The Hall–Kier alpha value is -1.24. The molecular formula is C15H21ClN4O2. The van der Waals surface area contributed by atoms with E-state index in [1.54, 1.807) is 12.4 Å². The van der Waals surface area contributed by atoms with Crippen LogP contribution < -0.4 is 5.32 Å². The van der Waals surface area contributed by atoms with Gasteiger partial charge in [-0.05, 0) is 12.8 Å². The van der Waals surface area contributed by atoms with E-state index in [1.165, 1.54) is 0 Å². The standard InChI is InChI=1S/C15H21ClN4O2/c16-12-7-18-15(19-8-12)10-1-3-20(4-2-10)14(22)5-11-6-17-9-13(11)21/h7-8,10-11,13,17,21H,1-6,9H2/t11-,13-/m1/s1. The molecule has 0 aliphatic carbocycles. The van der Waals surface area contributed by atoms with E-state index in [1.807, 2.05) is 4.90 Å². The molecule has 0 bridgehead atoms. The van der Waals surface area contributed by atoms with E-state index < -0.39 is 6.10 Å². The summed E-state index contributed by atoms with van der Waals surface area (Å²) in [5.74, 6) is 1.29. The number of aromatic nitrogens is 2. The summed E-state index contributed by atoms with van der Waals surface area (Å²) >= 11 is 5.80. The van der Waals surface area contributed by atoms with Crippen molar-refractivity contribution in [2.75, 3.05) is 26.2 Å². The molecule has 0 spiro atoms. The van der Waals surface area contributed by atoms with Crippen LogP contribution in [0.15, 0.2) is 12.4 Å². The number of aliphatic hydroxyl groups excluding tert-OH is 1. The number of nitrogens with zero attached hydrogens (tertiary/aromatic N) is 3. The first kappa shape index (κ1) is 15.6. The number of likely N-dealkylation sites (tertiary alicyclic amines) is 1. The molecule has 7 heteroatoms. The van der Waals surface area contributed by atoms with Crippen molar-refractivity contribution in [3.05, 3.63) is 23.2 Å². The van der Waals surface area contributed by atoms with Crippen molar-refractivity contribution < 1.29 is 9.90 Å². The Balaban J connectivity index is 1.50. The second-order valence-electron chi connectivity index (χ2n) is 6.10. The van der Waals surface area contributed by atoms with Gasteiger partial charge in [-0.15, -0.1) is 0 Å². The highest BCUT2D eigenvalue weighted by atomic mass is 35.5. The summed E-state index contributed by atoms with van der Waals surface area (Å²) in [5.41, 5.74) is 0. The van der Waals surface area contributed by atoms with Gasteiger partial charge in [0.1, 0.15) is 5.82 Å².